The summed E-state index contributed by atoms with van der Waals surface area (Å²) in [5.41, 5.74) is 4.33. The molecule has 0 aliphatic rings. The second kappa shape index (κ2) is 8.75. The fourth-order valence-corrected chi connectivity index (χ4v) is 2.86. The van der Waals surface area contributed by atoms with Crippen molar-refractivity contribution in [2.45, 2.75) is 18.8 Å². The molecule has 0 spiro atoms. The molecule has 23 heavy (non-hydrogen) atoms. The summed E-state index contributed by atoms with van der Waals surface area (Å²) in [6.45, 7) is 1.47. The Kier molecular flexibility index (Phi) is 6.68. The van der Waals surface area contributed by atoms with Gasteiger partial charge in [-0.2, -0.15) is 11.8 Å². The highest BCUT2D eigenvalue weighted by Gasteiger charge is 2.05. The molecule has 4 heteroatoms. The molecule has 2 rings (SSSR count). The molecule has 0 fully saturated rings. The number of carbonyl (C=O) groups is 1. The molecule has 0 bridgehead atoms. The van der Waals surface area contributed by atoms with E-state index < -0.39 is 0 Å². The first kappa shape index (κ1) is 17.6. The zero-order valence-corrected chi connectivity index (χ0v) is 14.8. The molecule has 0 unspecified atom stereocenters. The molecule has 0 aliphatic carbocycles. The Bertz CT molecular complexity index is 621. The van der Waals surface area contributed by atoms with Crippen LogP contribution in [-0.4, -0.2) is 31.2 Å². The molecular weight excluding hydrogens is 304 g/mol. The molecule has 0 saturated carbocycles. The highest BCUT2D eigenvalue weighted by Crippen LogP contribution is 2.11. The lowest BCUT2D eigenvalue weighted by molar-refractivity contribution is 0.0951. The lowest BCUT2D eigenvalue weighted by Crippen LogP contribution is -2.22. The third-order valence-corrected chi connectivity index (χ3v) is 4.12. The van der Waals surface area contributed by atoms with Crippen molar-refractivity contribution < 1.29 is 4.79 Å². The van der Waals surface area contributed by atoms with Gasteiger partial charge in [-0.3, -0.25) is 4.79 Å². The first-order chi connectivity index (χ1) is 11.1. The molecule has 1 N–H and O–H groups in total. The summed E-state index contributed by atoms with van der Waals surface area (Å²) in [7, 11) is 4.11. The van der Waals surface area contributed by atoms with Crippen molar-refractivity contribution in [3.63, 3.8) is 0 Å². The van der Waals surface area contributed by atoms with Crippen molar-refractivity contribution in [2.75, 3.05) is 20.4 Å². The normalized spacial score (nSPS) is 10.8. The highest BCUT2D eigenvalue weighted by molar-refractivity contribution is 7.97. The van der Waals surface area contributed by atoms with Crippen LogP contribution in [0.15, 0.2) is 48.5 Å². The Hall–Kier alpha value is -1.78. The number of nitrogens with zero attached hydrogens (tertiary/aromatic N) is 1. The van der Waals surface area contributed by atoms with Crippen LogP contribution in [0.3, 0.4) is 0 Å². The van der Waals surface area contributed by atoms with Crippen molar-refractivity contribution in [3.05, 3.63) is 70.8 Å². The molecule has 2 aromatic rings. The number of nitrogens with one attached hydrogen (secondary N) is 1. The van der Waals surface area contributed by atoms with Crippen molar-refractivity contribution in [1.29, 1.82) is 0 Å². The van der Waals surface area contributed by atoms with E-state index in [1.807, 2.05) is 24.3 Å². The van der Waals surface area contributed by atoms with Gasteiger partial charge in [-0.05, 0) is 49.2 Å². The molecule has 0 radical (unpaired) electrons. The number of thioether (sulfide) groups is 1. The standard InChI is InChI=1S/C19H24N2OS/c1-21(2)13-16-6-4-15(5-7-16)12-20-19(22)18-10-8-17(9-11-18)14-23-3/h4-11H,12-14H2,1-3H3,(H,20,22). The van der Waals surface area contributed by atoms with E-state index >= 15 is 0 Å². The van der Waals surface area contributed by atoms with Gasteiger partial charge in [0.05, 0.1) is 0 Å². The van der Waals surface area contributed by atoms with E-state index in [-0.39, 0.29) is 5.91 Å². The van der Waals surface area contributed by atoms with E-state index in [0.29, 0.717) is 12.1 Å². The number of benzene rings is 2. The molecule has 0 aliphatic heterocycles. The van der Waals surface area contributed by atoms with Crippen molar-refractivity contribution in [3.8, 4) is 0 Å². The zero-order chi connectivity index (χ0) is 16.7. The van der Waals surface area contributed by atoms with Crippen molar-refractivity contribution >= 4 is 17.7 Å². The molecule has 0 aromatic heterocycles. The number of hydrogen-bond acceptors (Lipinski definition) is 3. The maximum Gasteiger partial charge on any atom is 0.251 e. The van der Waals surface area contributed by atoms with E-state index in [4.69, 9.17) is 0 Å². The lowest BCUT2D eigenvalue weighted by atomic mass is 10.1. The van der Waals surface area contributed by atoms with Gasteiger partial charge in [0.15, 0.2) is 0 Å². The van der Waals surface area contributed by atoms with E-state index in [2.05, 4.69) is 54.8 Å². The van der Waals surface area contributed by atoms with Crippen LogP contribution in [-0.2, 0) is 18.8 Å². The quantitative estimate of drug-likeness (QED) is 0.844. The molecule has 122 valence electrons. The van der Waals surface area contributed by atoms with Crippen LogP contribution in [0.1, 0.15) is 27.0 Å². The molecule has 0 heterocycles. The van der Waals surface area contributed by atoms with E-state index in [9.17, 15) is 4.79 Å². The Balaban J connectivity index is 1.88. The van der Waals surface area contributed by atoms with Crippen LogP contribution in [0.2, 0.25) is 0 Å². The maximum absolute atomic E-state index is 12.2. The summed E-state index contributed by atoms with van der Waals surface area (Å²) in [6.07, 6.45) is 2.07. The number of carbonyl (C=O) groups excluding carboxylic acids is 1. The summed E-state index contributed by atoms with van der Waals surface area (Å²) in [6, 6.07) is 16.2. The van der Waals surface area contributed by atoms with Gasteiger partial charge in [0.2, 0.25) is 0 Å². The summed E-state index contributed by atoms with van der Waals surface area (Å²) < 4.78 is 0. The van der Waals surface area contributed by atoms with E-state index in [0.717, 1.165) is 17.9 Å². The van der Waals surface area contributed by atoms with Gasteiger partial charge in [-0.25, -0.2) is 0 Å². The predicted molar refractivity (Wildman–Crippen MR) is 98.7 cm³/mol. The van der Waals surface area contributed by atoms with Crippen LogP contribution in [0, 0.1) is 0 Å². The highest BCUT2D eigenvalue weighted by atomic mass is 32.2. The fourth-order valence-electron chi connectivity index (χ4n) is 2.33. The van der Waals surface area contributed by atoms with Crippen LogP contribution in [0.25, 0.3) is 0 Å². The summed E-state index contributed by atoms with van der Waals surface area (Å²) >= 11 is 1.78. The van der Waals surface area contributed by atoms with Gasteiger partial charge in [0.25, 0.3) is 5.91 Å². The first-order valence-electron chi connectivity index (χ1n) is 7.67. The summed E-state index contributed by atoms with van der Waals surface area (Å²) in [4.78, 5) is 14.3. The largest absolute Gasteiger partial charge is 0.348 e. The lowest BCUT2D eigenvalue weighted by Gasteiger charge is -2.10. The minimum atomic E-state index is -0.0296. The first-order valence-corrected chi connectivity index (χ1v) is 9.06. The monoisotopic (exact) mass is 328 g/mol. The second-order valence-electron chi connectivity index (χ2n) is 5.87. The van der Waals surface area contributed by atoms with Gasteiger partial charge in [-0.1, -0.05) is 36.4 Å². The molecular formula is C19H24N2OS. The molecule has 0 saturated heterocycles. The average Bonchev–Trinajstić information content (AvgIpc) is 2.54. The zero-order valence-electron chi connectivity index (χ0n) is 14.0. The number of rotatable bonds is 7. The van der Waals surface area contributed by atoms with Gasteiger partial charge >= 0.3 is 0 Å². The Morgan fingerprint density at radius 1 is 0.957 bits per heavy atom. The fraction of sp³-hybridized carbons (Fsp3) is 0.316. The van der Waals surface area contributed by atoms with Gasteiger partial charge in [0, 0.05) is 24.4 Å². The van der Waals surface area contributed by atoms with Crippen LogP contribution < -0.4 is 5.32 Å². The molecule has 3 nitrogen and oxygen atoms in total. The Labute approximate surface area is 143 Å². The maximum atomic E-state index is 12.2. The average molecular weight is 328 g/mol. The topological polar surface area (TPSA) is 32.3 Å². The third kappa shape index (κ3) is 5.73. The molecule has 1 amide bonds. The minimum absolute atomic E-state index is 0.0296. The predicted octanol–water partition coefficient (Wildman–Crippen LogP) is 3.54. The minimum Gasteiger partial charge on any atom is -0.348 e. The van der Waals surface area contributed by atoms with Crippen LogP contribution in [0.4, 0.5) is 0 Å². The SMILES string of the molecule is CSCc1ccc(C(=O)NCc2ccc(CN(C)C)cc2)cc1. The van der Waals surface area contributed by atoms with Gasteiger partial charge < -0.3 is 10.2 Å². The van der Waals surface area contributed by atoms with Gasteiger partial charge in [-0.15, -0.1) is 0 Å². The Morgan fingerprint density at radius 3 is 2.09 bits per heavy atom. The summed E-state index contributed by atoms with van der Waals surface area (Å²) in [5.74, 6) is 0.944. The van der Waals surface area contributed by atoms with Crippen LogP contribution >= 0.6 is 11.8 Å². The number of hydrogen-bond donors (Lipinski definition) is 1. The molecule has 2 aromatic carbocycles. The molecule has 0 atom stereocenters. The second-order valence-corrected chi connectivity index (χ2v) is 6.73. The van der Waals surface area contributed by atoms with Crippen molar-refractivity contribution in [1.82, 2.24) is 10.2 Å². The number of amides is 1. The van der Waals surface area contributed by atoms with Crippen LogP contribution in [0.5, 0.6) is 0 Å². The van der Waals surface area contributed by atoms with E-state index in [1.54, 1.807) is 11.8 Å². The smallest absolute Gasteiger partial charge is 0.251 e. The van der Waals surface area contributed by atoms with Crippen molar-refractivity contribution in [2.24, 2.45) is 0 Å². The van der Waals surface area contributed by atoms with E-state index in [1.165, 1.54) is 11.1 Å². The summed E-state index contributed by atoms with van der Waals surface area (Å²) in [5, 5.41) is 2.97. The third-order valence-electron chi connectivity index (χ3n) is 3.50. The Morgan fingerprint density at radius 2 is 1.52 bits per heavy atom. The van der Waals surface area contributed by atoms with Gasteiger partial charge in [0.1, 0.15) is 0 Å².